The van der Waals surface area contributed by atoms with Crippen LogP contribution in [0.2, 0.25) is 0 Å². The number of aromatic nitrogens is 4. The number of fused-ring (bicyclic) bond motifs is 2. The third-order valence-corrected chi connectivity index (χ3v) is 7.36. The molecule has 3 aliphatic rings. The highest BCUT2D eigenvalue weighted by Gasteiger charge is 2.36. The van der Waals surface area contributed by atoms with Gasteiger partial charge in [0.25, 0.3) is 0 Å². The molecule has 0 spiro atoms. The van der Waals surface area contributed by atoms with Crippen molar-refractivity contribution in [2.24, 2.45) is 7.05 Å². The molecule has 0 aliphatic carbocycles. The minimum atomic E-state index is 0.125. The van der Waals surface area contributed by atoms with Crippen LogP contribution in [0.4, 0.5) is 11.5 Å². The molecule has 8 nitrogen and oxygen atoms in total. The van der Waals surface area contributed by atoms with Crippen molar-refractivity contribution in [3.05, 3.63) is 47.4 Å². The third-order valence-electron chi connectivity index (χ3n) is 7.36. The van der Waals surface area contributed by atoms with Gasteiger partial charge in [-0.15, -0.1) is 0 Å². The van der Waals surface area contributed by atoms with Gasteiger partial charge in [-0.2, -0.15) is 10.2 Å². The van der Waals surface area contributed by atoms with E-state index < -0.39 is 0 Å². The fraction of sp³-hybridized carbons (Fsp3) is 0.480. The van der Waals surface area contributed by atoms with E-state index in [-0.39, 0.29) is 11.9 Å². The van der Waals surface area contributed by atoms with Crippen LogP contribution in [0.5, 0.6) is 0 Å². The fourth-order valence-electron chi connectivity index (χ4n) is 5.55. The number of rotatable bonds is 3. The second kappa shape index (κ2) is 7.73. The first-order valence-corrected chi connectivity index (χ1v) is 11.8. The summed E-state index contributed by atoms with van der Waals surface area (Å²) in [6, 6.07) is 6.98. The molecule has 1 saturated heterocycles. The summed E-state index contributed by atoms with van der Waals surface area (Å²) in [7, 11) is 1.94. The van der Waals surface area contributed by atoms with Gasteiger partial charge in [0.15, 0.2) is 5.82 Å². The Bertz CT molecular complexity index is 1220. The molecule has 172 valence electrons. The maximum Gasteiger partial charge on any atom is 0.219 e. The summed E-state index contributed by atoms with van der Waals surface area (Å²) < 4.78 is 9.73. The van der Waals surface area contributed by atoms with Crippen molar-refractivity contribution < 1.29 is 9.53 Å². The molecule has 8 heteroatoms. The van der Waals surface area contributed by atoms with E-state index in [0.29, 0.717) is 19.1 Å². The molecule has 1 amide bonds. The van der Waals surface area contributed by atoms with E-state index in [0.717, 1.165) is 43.9 Å². The third kappa shape index (κ3) is 3.35. The molecule has 1 unspecified atom stereocenters. The van der Waals surface area contributed by atoms with Gasteiger partial charge in [-0.3, -0.25) is 14.2 Å². The first kappa shape index (κ1) is 20.5. The molecular formula is C25H30N6O2. The molecule has 0 radical (unpaired) electrons. The predicted molar refractivity (Wildman–Crippen MR) is 126 cm³/mol. The molecule has 0 N–H and O–H groups in total. The number of nitrogens with zero attached hydrogens (tertiary/aromatic N) is 6. The number of aryl methyl sites for hydroxylation is 1. The Balaban J connectivity index is 1.42. The zero-order valence-electron chi connectivity index (χ0n) is 19.5. The molecule has 33 heavy (non-hydrogen) atoms. The number of carbonyl (C=O) groups excluding carboxylic acids is 1. The summed E-state index contributed by atoms with van der Waals surface area (Å²) in [5.74, 6) is 1.52. The van der Waals surface area contributed by atoms with Crippen molar-refractivity contribution in [3.63, 3.8) is 0 Å². The Hall–Kier alpha value is -3.13. The maximum atomic E-state index is 12.2. The van der Waals surface area contributed by atoms with Crippen LogP contribution in [0.1, 0.15) is 49.0 Å². The van der Waals surface area contributed by atoms with Crippen LogP contribution in [0.15, 0.2) is 30.6 Å². The molecule has 5 heterocycles. The lowest BCUT2D eigenvalue weighted by atomic mass is 9.99. The van der Waals surface area contributed by atoms with Crippen molar-refractivity contribution >= 4 is 17.4 Å². The van der Waals surface area contributed by atoms with Gasteiger partial charge >= 0.3 is 0 Å². The molecule has 0 bridgehead atoms. The highest BCUT2D eigenvalue weighted by Crippen LogP contribution is 2.45. The van der Waals surface area contributed by atoms with Gasteiger partial charge in [0.1, 0.15) is 0 Å². The molecule has 0 saturated carbocycles. The van der Waals surface area contributed by atoms with Crippen LogP contribution in [0.3, 0.4) is 0 Å². The van der Waals surface area contributed by atoms with E-state index >= 15 is 0 Å². The fourth-order valence-corrected chi connectivity index (χ4v) is 5.55. The van der Waals surface area contributed by atoms with E-state index in [2.05, 4.69) is 46.0 Å². The molecular weight excluding hydrogens is 416 g/mol. The molecule has 3 aromatic rings. The van der Waals surface area contributed by atoms with Crippen molar-refractivity contribution in [2.45, 2.75) is 45.2 Å². The summed E-state index contributed by atoms with van der Waals surface area (Å²) in [6.07, 6.45) is 5.80. The normalized spacial score (nSPS) is 22.0. The lowest BCUT2D eigenvalue weighted by Gasteiger charge is -2.28. The second-order valence-corrected chi connectivity index (χ2v) is 9.59. The largest absolute Gasteiger partial charge is 0.379 e. The number of ether oxygens (including phenoxy) is 1. The van der Waals surface area contributed by atoms with Crippen molar-refractivity contribution in [3.8, 4) is 11.1 Å². The summed E-state index contributed by atoms with van der Waals surface area (Å²) >= 11 is 0. The van der Waals surface area contributed by atoms with E-state index in [1.165, 1.54) is 28.1 Å². The predicted octanol–water partition coefficient (Wildman–Crippen LogP) is 3.40. The van der Waals surface area contributed by atoms with Gasteiger partial charge in [-0.1, -0.05) is 13.0 Å². The zero-order valence-corrected chi connectivity index (χ0v) is 19.5. The van der Waals surface area contributed by atoms with Crippen LogP contribution in [-0.4, -0.2) is 56.7 Å². The minimum Gasteiger partial charge on any atom is -0.379 e. The van der Waals surface area contributed by atoms with Crippen molar-refractivity contribution in [1.29, 1.82) is 0 Å². The molecule has 2 aromatic heterocycles. The van der Waals surface area contributed by atoms with Gasteiger partial charge in [0, 0.05) is 74.7 Å². The van der Waals surface area contributed by atoms with Crippen molar-refractivity contribution in [1.82, 2.24) is 24.5 Å². The average molecular weight is 447 g/mol. The lowest BCUT2D eigenvalue weighted by Crippen LogP contribution is -2.35. The Kier molecular flexibility index (Phi) is 4.79. The molecule has 2 atom stereocenters. The van der Waals surface area contributed by atoms with Gasteiger partial charge in [0.2, 0.25) is 5.91 Å². The van der Waals surface area contributed by atoms with E-state index in [4.69, 9.17) is 9.84 Å². The minimum absolute atomic E-state index is 0.125. The SMILES string of the molecule is CC(=O)N1CCc2c(c(N3CC(C)c4cc(-c5cnn(C)c5)ccc43)nn2[C@@H]2CCOC2)C1. The van der Waals surface area contributed by atoms with Crippen LogP contribution in [0.25, 0.3) is 11.1 Å². The Morgan fingerprint density at radius 2 is 2.12 bits per heavy atom. The zero-order chi connectivity index (χ0) is 22.7. The van der Waals surface area contributed by atoms with Gasteiger partial charge < -0.3 is 14.5 Å². The topological polar surface area (TPSA) is 68.4 Å². The van der Waals surface area contributed by atoms with Crippen LogP contribution < -0.4 is 4.90 Å². The Morgan fingerprint density at radius 1 is 1.24 bits per heavy atom. The smallest absolute Gasteiger partial charge is 0.219 e. The quantitative estimate of drug-likeness (QED) is 0.617. The average Bonchev–Trinajstić information content (AvgIpc) is 3.59. The van der Waals surface area contributed by atoms with Crippen LogP contribution in [0, 0.1) is 0 Å². The first-order chi connectivity index (χ1) is 16.0. The molecule has 6 rings (SSSR count). The number of benzene rings is 1. The number of hydrogen-bond acceptors (Lipinski definition) is 5. The monoisotopic (exact) mass is 446 g/mol. The number of amides is 1. The number of anilines is 2. The standard InChI is InChI=1S/C25H30N6O2/c1-16-12-30(23-5-4-18(10-21(16)23)19-11-26-28(3)13-19)25-22-14-29(17(2)32)8-6-24(22)31(27-25)20-7-9-33-15-20/h4-5,10-11,13,16,20H,6-9,12,14-15H2,1-3H3/t16?,20-/m1/s1. The first-order valence-electron chi connectivity index (χ1n) is 11.8. The summed E-state index contributed by atoms with van der Waals surface area (Å²) in [4.78, 5) is 16.5. The van der Waals surface area contributed by atoms with E-state index in [1.54, 1.807) is 6.92 Å². The summed E-state index contributed by atoms with van der Waals surface area (Å²) in [6.45, 7) is 7.70. The lowest BCUT2D eigenvalue weighted by molar-refractivity contribution is -0.129. The highest BCUT2D eigenvalue weighted by atomic mass is 16.5. The van der Waals surface area contributed by atoms with Crippen LogP contribution in [-0.2, 0) is 29.5 Å². The van der Waals surface area contributed by atoms with Crippen LogP contribution >= 0.6 is 0 Å². The van der Waals surface area contributed by atoms with E-state index in [1.807, 2.05) is 22.8 Å². The molecule has 1 aromatic carbocycles. The van der Waals surface area contributed by atoms with Gasteiger partial charge in [-0.25, -0.2) is 0 Å². The maximum absolute atomic E-state index is 12.2. The second-order valence-electron chi connectivity index (χ2n) is 9.59. The summed E-state index contributed by atoms with van der Waals surface area (Å²) in [5, 5.41) is 9.51. The molecule has 1 fully saturated rings. The van der Waals surface area contributed by atoms with Crippen molar-refractivity contribution in [2.75, 3.05) is 31.2 Å². The number of hydrogen-bond donors (Lipinski definition) is 0. The number of carbonyl (C=O) groups is 1. The molecule has 3 aliphatic heterocycles. The Morgan fingerprint density at radius 3 is 2.85 bits per heavy atom. The van der Waals surface area contributed by atoms with E-state index in [9.17, 15) is 4.79 Å². The summed E-state index contributed by atoms with van der Waals surface area (Å²) in [5.41, 5.74) is 7.33. The van der Waals surface area contributed by atoms with Gasteiger partial charge in [0.05, 0.1) is 25.4 Å². The Labute approximate surface area is 193 Å². The highest BCUT2D eigenvalue weighted by molar-refractivity contribution is 5.77. The van der Waals surface area contributed by atoms with Gasteiger partial charge in [-0.05, 0) is 29.7 Å².